The topological polar surface area (TPSA) is 39.1 Å². The summed E-state index contributed by atoms with van der Waals surface area (Å²) in [5, 5.41) is 7.70. The van der Waals surface area contributed by atoms with Gasteiger partial charge >= 0.3 is 0 Å². The summed E-state index contributed by atoms with van der Waals surface area (Å²) in [5.74, 6) is 0. The SMILES string of the molecule is CCOCCCNCc1ccnn1C(C)C.Cl. The van der Waals surface area contributed by atoms with E-state index in [4.69, 9.17) is 4.74 Å². The Morgan fingerprint density at radius 2 is 2.24 bits per heavy atom. The summed E-state index contributed by atoms with van der Waals surface area (Å²) < 4.78 is 7.33. The molecule has 1 aromatic heterocycles. The van der Waals surface area contributed by atoms with E-state index in [-0.39, 0.29) is 12.4 Å². The van der Waals surface area contributed by atoms with Crippen LogP contribution in [0, 0.1) is 0 Å². The van der Waals surface area contributed by atoms with Gasteiger partial charge in [-0.05, 0) is 39.8 Å². The van der Waals surface area contributed by atoms with Gasteiger partial charge in [0.05, 0.1) is 5.69 Å². The van der Waals surface area contributed by atoms with Crippen molar-refractivity contribution in [3.63, 3.8) is 0 Å². The van der Waals surface area contributed by atoms with Crippen molar-refractivity contribution in [1.29, 1.82) is 0 Å². The summed E-state index contributed by atoms with van der Waals surface area (Å²) in [4.78, 5) is 0. The molecule has 1 rings (SSSR count). The molecule has 4 nitrogen and oxygen atoms in total. The highest BCUT2D eigenvalue weighted by Crippen LogP contribution is 2.07. The molecule has 0 saturated heterocycles. The molecule has 1 N–H and O–H groups in total. The quantitative estimate of drug-likeness (QED) is 0.731. The lowest BCUT2D eigenvalue weighted by Crippen LogP contribution is -2.19. The van der Waals surface area contributed by atoms with Crippen molar-refractivity contribution < 1.29 is 4.74 Å². The molecule has 0 unspecified atom stereocenters. The van der Waals surface area contributed by atoms with Crippen LogP contribution >= 0.6 is 12.4 Å². The van der Waals surface area contributed by atoms with Crippen molar-refractivity contribution in [2.45, 2.75) is 39.8 Å². The number of halogens is 1. The minimum absolute atomic E-state index is 0. The van der Waals surface area contributed by atoms with Crippen LogP contribution in [0.5, 0.6) is 0 Å². The number of rotatable bonds is 8. The van der Waals surface area contributed by atoms with Gasteiger partial charge in [-0.25, -0.2) is 0 Å². The fourth-order valence-corrected chi connectivity index (χ4v) is 1.61. The van der Waals surface area contributed by atoms with Crippen LogP contribution in [0.15, 0.2) is 12.3 Å². The van der Waals surface area contributed by atoms with E-state index in [2.05, 4.69) is 35.0 Å². The van der Waals surface area contributed by atoms with E-state index in [1.165, 1.54) is 5.69 Å². The first-order valence-corrected chi connectivity index (χ1v) is 6.06. The third-order valence-electron chi connectivity index (χ3n) is 2.39. The second-order valence-electron chi connectivity index (χ2n) is 4.09. The molecular formula is C12H24ClN3O. The lowest BCUT2D eigenvalue weighted by Gasteiger charge is -2.11. The number of nitrogens with one attached hydrogen (secondary N) is 1. The molecule has 0 atom stereocenters. The first-order chi connectivity index (χ1) is 7.75. The Hall–Kier alpha value is -0.580. The van der Waals surface area contributed by atoms with Crippen LogP contribution in [0.25, 0.3) is 0 Å². The Morgan fingerprint density at radius 3 is 2.88 bits per heavy atom. The van der Waals surface area contributed by atoms with Crippen LogP contribution in [-0.4, -0.2) is 29.5 Å². The van der Waals surface area contributed by atoms with Gasteiger partial charge in [0.25, 0.3) is 0 Å². The zero-order chi connectivity index (χ0) is 11.8. The van der Waals surface area contributed by atoms with Crippen LogP contribution in [0.1, 0.15) is 38.9 Å². The molecule has 17 heavy (non-hydrogen) atoms. The zero-order valence-corrected chi connectivity index (χ0v) is 11.8. The summed E-state index contributed by atoms with van der Waals surface area (Å²) in [6.07, 6.45) is 2.92. The van der Waals surface area contributed by atoms with Gasteiger partial charge in [0, 0.05) is 32.0 Å². The molecule has 0 aliphatic heterocycles. The Balaban J connectivity index is 0.00000256. The summed E-state index contributed by atoms with van der Waals surface area (Å²) in [5.41, 5.74) is 1.24. The van der Waals surface area contributed by atoms with Crippen LogP contribution in [0.4, 0.5) is 0 Å². The van der Waals surface area contributed by atoms with Gasteiger partial charge in [-0.15, -0.1) is 12.4 Å². The van der Waals surface area contributed by atoms with Crippen LogP contribution in [0.2, 0.25) is 0 Å². The second kappa shape index (κ2) is 9.45. The molecule has 1 aromatic rings. The molecule has 0 aromatic carbocycles. The van der Waals surface area contributed by atoms with Crippen LogP contribution < -0.4 is 5.32 Å². The minimum Gasteiger partial charge on any atom is -0.382 e. The fourth-order valence-electron chi connectivity index (χ4n) is 1.61. The normalized spacial score (nSPS) is 10.6. The predicted molar refractivity (Wildman–Crippen MR) is 72.7 cm³/mol. The van der Waals surface area contributed by atoms with Gasteiger partial charge in [0.2, 0.25) is 0 Å². The molecule has 0 bridgehead atoms. The third-order valence-corrected chi connectivity index (χ3v) is 2.39. The van der Waals surface area contributed by atoms with E-state index in [1.54, 1.807) is 0 Å². The maximum absolute atomic E-state index is 5.28. The molecule has 100 valence electrons. The minimum atomic E-state index is 0. The molecule has 5 heteroatoms. The molecule has 0 amide bonds. The average molecular weight is 262 g/mol. The van der Waals surface area contributed by atoms with Crippen molar-refractivity contribution in [3.8, 4) is 0 Å². The fraction of sp³-hybridized carbons (Fsp3) is 0.750. The lowest BCUT2D eigenvalue weighted by atomic mass is 10.3. The van der Waals surface area contributed by atoms with E-state index in [0.717, 1.165) is 32.7 Å². The highest BCUT2D eigenvalue weighted by molar-refractivity contribution is 5.85. The maximum atomic E-state index is 5.28. The smallest absolute Gasteiger partial charge is 0.0525 e. The van der Waals surface area contributed by atoms with Crippen molar-refractivity contribution in [2.24, 2.45) is 0 Å². The predicted octanol–water partition coefficient (Wildman–Crippen LogP) is 2.40. The molecule has 0 aliphatic carbocycles. The molecule has 0 saturated carbocycles. The Labute approximate surface area is 110 Å². The Bertz CT molecular complexity index is 289. The first kappa shape index (κ1) is 16.4. The van der Waals surface area contributed by atoms with Gasteiger partial charge in [-0.3, -0.25) is 4.68 Å². The van der Waals surface area contributed by atoms with Crippen molar-refractivity contribution >= 4 is 12.4 Å². The highest BCUT2D eigenvalue weighted by Gasteiger charge is 2.04. The average Bonchev–Trinajstić information content (AvgIpc) is 2.71. The molecule has 0 fully saturated rings. The molecule has 0 radical (unpaired) electrons. The van der Waals surface area contributed by atoms with Crippen molar-refractivity contribution in [2.75, 3.05) is 19.8 Å². The van der Waals surface area contributed by atoms with E-state index in [0.29, 0.717) is 6.04 Å². The van der Waals surface area contributed by atoms with E-state index < -0.39 is 0 Å². The first-order valence-electron chi connectivity index (χ1n) is 6.06. The summed E-state index contributed by atoms with van der Waals surface area (Å²) in [7, 11) is 0. The maximum Gasteiger partial charge on any atom is 0.0525 e. The summed E-state index contributed by atoms with van der Waals surface area (Å²) >= 11 is 0. The van der Waals surface area contributed by atoms with Gasteiger partial charge in [0.1, 0.15) is 0 Å². The van der Waals surface area contributed by atoms with Crippen molar-refractivity contribution in [1.82, 2.24) is 15.1 Å². The number of aromatic nitrogens is 2. The van der Waals surface area contributed by atoms with Gasteiger partial charge in [-0.2, -0.15) is 5.10 Å². The highest BCUT2D eigenvalue weighted by atomic mass is 35.5. The second-order valence-corrected chi connectivity index (χ2v) is 4.09. The van der Waals surface area contributed by atoms with Crippen molar-refractivity contribution in [3.05, 3.63) is 18.0 Å². The molecule has 0 aliphatic rings. The van der Waals surface area contributed by atoms with Crippen LogP contribution in [-0.2, 0) is 11.3 Å². The number of hydrogen-bond acceptors (Lipinski definition) is 3. The number of nitrogens with zero attached hydrogens (tertiary/aromatic N) is 2. The van der Waals surface area contributed by atoms with Gasteiger partial charge in [-0.1, -0.05) is 0 Å². The van der Waals surface area contributed by atoms with Gasteiger partial charge < -0.3 is 10.1 Å². The van der Waals surface area contributed by atoms with E-state index in [1.807, 2.05) is 13.1 Å². The largest absolute Gasteiger partial charge is 0.382 e. The summed E-state index contributed by atoms with van der Waals surface area (Å²) in [6.45, 7) is 9.83. The Kier molecular flexibility index (Phi) is 9.13. The van der Waals surface area contributed by atoms with E-state index >= 15 is 0 Å². The monoisotopic (exact) mass is 261 g/mol. The summed E-state index contributed by atoms with van der Waals surface area (Å²) in [6, 6.07) is 2.49. The number of ether oxygens (including phenoxy) is 1. The van der Waals surface area contributed by atoms with E-state index in [9.17, 15) is 0 Å². The van der Waals surface area contributed by atoms with Crippen LogP contribution in [0.3, 0.4) is 0 Å². The molecular weight excluding hydrogens is 238 g/mol. The zero-order valence-electron chi connectivity index (χ0n) is 11.0. The van der Waals surface area contributed by atoms with Gasteiger partial charge in [0.15, 0.2) is 0 Å². The lowest BCUT2D eigenvalue weighted by molar-refractivity contribution is 0.144. The molecule has 0 spiro atoms. The number of hydrogen-bond donors (Lipinski definition) is 1. The molecule has 1 heterocycles. The Morgan fingerprint density at radius 1 is 1.47 bits per heavy atom. The third kappa shape index (κ3) is 6.05. The standard InChI is InChI=1S/C12H23N3O.ClH/c1-4-16-9-5-7-13-10-12-6-8-14-15(12)11(2)3;/h6,8,11,13H,4-5,7,9-10H2,1-3H3;1H.